The highest BCUT2D eigenvalue weighted by Crippen LogP contribution is 2.37. The van der Waals surface area contributed by atoms with Gasteiger partial charge in [0.2, 0.25) is 0 Å². The molecule has 4 nitrogen and oxygen atoms in total. The van der Waals surface area contributed by atoms with Gasteiger partial charge in [-0.1, -0.05) is 6.07 Å². The van der Waals surface area contributed by atoms with Gasteiger partial charge in [0.05, 0.1) is 11.7 Å². The SMILES string of the molecule is CN(C)C[C@@H]1CCC[C@@]2(CCN(Cc3cccnc3)C2)O1. The van der Waals surface area contributed by atoms with Crippen LogP contribution < -0.4 is 0 Å². The number of likely N-dealkylation sites (tertiary alicyclic amines) is 1. The van der Waals surface area contributed by atoms with Crippen molar-refractivity contribution in [2.24, 2.45) is 0 Å². The van der Waals surface area contributed by atoms with Crippen LogP contribution in [0.2, 0.25) is 0 Å². The lowest BCUT2D eigenvalue weighted by atomic mass is 9.90. The summed E-state index contributed by atoms with van der Waals surface area (Å²) in [6.45, 7) is 4.26. The maximum atomic E-state index is 6.51. The van der Waals surface area contributed by atoms with E-state index in [0.717, 1.165) is 26.2 Å². The number of nitrogens with zero attached hydrogens (tertiary/aromatic N) is 3. The van der Waals surface area contributed by atoms with Crippen molar-refractivity contribution in [3.8, 4) is 0 Å². The van der Waals surface area contributed by atoms with Crippen LogP contribution in [0.25, 0.3) is 0 Å². The highest BCUT2D eigenvalue weighted by Gasteiger charge is 2.42. The van der Waals surface area contributed by atoms with Gasteiger partial charge in [0.1, 0.15) is 0 Å². The Hall–Kier alpha value is -0.970. The minimum Gasteiger partial charge on any atom is -0.369 e. The van der Waals surface area contributed by atoms with E-state index in [1.54, 1.807) is 0 Å². The summed E-state index contributed by atoms with van der Waals surface area (Å²) in [5, 5.41) is 0. The number of likely N-dealkylation sites (N-methyl/N-ethyl adjacent to an activating group) is 1. The van der Waals surface area contributed by atoms with Gasteiger partial charge in [-0.15, -0.1) is 0 Å². The van der Waals surface area contributed by atoms with Gasteiger partial charge in [-0.25, -0.2) is 0 Å². The molecule has 116 valence electrons. The Morgan fingerprint density at radius 1 is 1.43 bits per heavy atom. The number of aromatic nitrogens is 1. The largest absolute Gasteiger partial charge is 0.369 e. The summed E-state index contributed by atoms with van der Waals surface area (Å²) in [4.78, 5) is 8.98. The Labute approximate surface area is 128 Å². The third-order valence-electron chi connectivity index (χ3n) is 4.67. The maximum absolute atomic E-state index is 6.51. The molecule has 0 aliphatic carbocycles. The van der Waals surface area contributed by atoms with E-state index in [1.807, 2.05) is 18.5 Å². The lowest BCUT2D eigenvalue weighted by molar-refractivity contribution is -0.126. The summed E-state index contributed by atoms with van der Waals surface area (Å²) >= 11 is 0. The Morgan fingerprint density at radius 3 is 3.10 bits per heavy atom. The molecule has 3 rings (SSSR count). The number of pyridine rings is 1. The van der Waals surface area contributed by atoms with Crippen LogP contribution in [0.3, 0.4) is 0 Å². The number of rotatable bonds is 4. The van der Waals surface area contributed by atoms with Gasteiger partial charge in [0.15, 0.2) is 0 Å². The fourth-order valence-corrected chi connectivity index (χ4v) is 3.77. The molecule has 1 aromatic heterocycles. The summed E-state index contributed by atoms with van der Waals surface area (Å²) in [7, 11) is 4.27. The zero-order valence-electron chi connectivity index (χ0n) is 13.3. The molecule has 0 saturated carbocycles. The van der Waals surface area contributed by atoms with Crippen molar-refractivity contribution in [1.29, 1.82) is 0 Å². The predicted octanol–water partition coefficient (Wildman–Crippen LogP) is 2.16. The van der Waals surface area contributed by atoms with Crippen LogP contribution >= 0.6 is 0 Å². The Balaban J connectivity index is 1.57. The molecule has 4 heteroatoms. The first-order valence-corrected chi connectivity index (χ1v) is 8.09. The van der Waals surface area contributed by atoms with Gasteiger partial charge in [-0.2, -0.15) is 0 Å². The standard InChI is InChI=1S/C17H27N3O/c1-19(2)13-16-6-3-7-17(21-16)8-10-20(14-17)12-15-5-4-9-18-11-15/h4-5,9,11,16H,3,6-8,10,12-14H2,1-2H3/t16-,17-/m0/s1. The van der Waals surface area contributed by atoms with Gasteiger partial charge in [0, 0.05) is 38.6 Å². The molecule has 0 aromatic carbocycles. The summed E-state index contributed by atoms with van der Waals surface area (Å²) in [5.74, 6) is 0. The third kappa shape index (κ3) is 3.82. The highest BCUT2D eigenvalue weighted by atomic mass is 16.5. The second kappa shape index (κ2) is 6.42. The molecule has 0 N–H and O–H groups in total. The molecule has 2 fully saturated rings. The molecule has 1 aromatic rings. The lowest BCUT2D eigenvalue weighted by Gasteiger charge is -2.39. The fourth-order valence-electron chi connectivity index (χ4n) is 3.77. The summed E-state index contributed by atoms with van der Waals surface area (Å²) in [6.07, 6.45) is 9.14. The zero-order valence-corrected chi connectivity index (χ0v) is 13.3. The van der Waals surface area contributed by atoms with Crippen LogP contribution in [0.15, 0.2) is 24.5 Å². The van der Waals surface area contributed by atoms with E-state index in [4.69, 9.17) is 4.74 Å². The minimum absolute atomic E-state index is 0.112. The first-order valence-electron chi connectivity index (χ1n) is 8.09. The van der Waals surface area contributed by atoms with Crippen LogP contribution in [0, 0.1) is 0 Å². The van der Waals surface area contributed by atoms with E-state index in [-0.39, 0.29) is 5.60 Å². The van der Waals surface area contributed by atoms with Gasteiger partial charge in [-0.05, 0) is 51.4 Å². The van der Waals surface area contributed by atoms with Gasteiger partial charge in [-0.3, -0.25) is 9.88 Å². The number of hydrogen-bond acceptors (Lipinski definition) is 4. The van der Waals surface area contributed by atoms with Crippen molar-refractivity contribution < 1.29 is 4.74 Å². The first kappa shape index (κ1) is 14.9. The van der Waals surface area contributed by atoms with Crippen LogP contribution in [-0.2, 0) is 11.3 Å². The molecule has 0 radical (unpaired) electrons. The molecule has 21 heavy (non-hydrogen) atoms. The van der Waals surface area contributed by atoms with Crippen molar-refractivity contribution in [2.45, 2.75) is 43.9 Å². The van der Waals surface area contributed by atoms with Crippen molar-refractivity contribution in [3.05, 3.63) is 30.1 Å². The van der Waals surface area contributed by atoms with Crippen molar-refractivity contribution in [1.82, 2.24) is 14.8 Å². The molecule has 2 saturated heterocycles. The van der Waals surface area contributed by atoms with Crippen LogP contribution in [0.4, 0.5) is 0 Å². The second-order valence-electron chi connectivity index (χ2n) is 6.90. The summed E-state index contributed by atoms with van der Waals surface area (Å²) in [6, 6.07) is 4.18. The van der Waals surface area contributed by atoms with Gasteiger partial charge in [0.25, 0.3) is 0 Å². The van der Waals surface area contributed by atoms with E-state index in [1.165, 1.54) is 31.2 Å². The normalized spacial score (nSPS) is 30.3. The zero-order chi connectivity index (χ0) is 14.7. The quantitative estimate of drug-likeness (QED) is 0.849. The monoisotopic (exact) mass is 289 g/mol. The summed E-state index contributed by atoms with van der Waals surface area (Å²) in [5.41, 5.74) is 1.41. The Morgan fingerprint density at radius 2 is 2.33 bits per heavy atom. The highest BCUT2D eigenvalue weighted by molar-refractivity contribution is 5.09. The number of ether oxygens (including phenoxy) is 1. The molecule has 2 aliphatic rings. The molecule has 2 aliphatic heterocycles. The first-order chi connectivity index (χ1) is 10.2. The molecule has 0 bridgehead atoms. The van der Waals surface area contributed by atoms with Gasteiger partial charge >= 0.3 is 0 Å². The predicted molar refractivity (Wildman–Crippen MR) is 84.1 cm³/mol. The number of hydrogen-bond donors (Lipinski definition) is 0. The van der Waals surface area contributed by atoms with Crippen molar-refractivity contribution >= 4 is 0 Å². The lowest BCUT2D eigenvalue weighted by Crippen LogP contribution is -2.45. The Kier molecular flexibility index (Phi) is 4.57. The van der Waals surface area contributed by atoms with Gasteiger partial charge < -0.3 is 9.64 Å². The molecule has 0 amide bonds. The average molecular weight is 289 g/mol. The van der Waals surface area contributed by atoms with Crippen LogP contribution in [-0.4, -0.2) is 60.2 Å². The molecule has 2 atom stereocenters. The molecular weight excluding hydrogens is 262 g/mol. The third-order valence-corrected chi connectivity index (χ3v) is 4.67. The molecule has 3 heterocycles. The van der Waals surface area contributed by atoms with E-state index < -0.39 is 0 Å². The van der Waals surface area contributed by atoms with Crippen LogP contribution in [0.1, 0.15) is 31.2 Å². The van der Waals surface area contributed by atoms with E-state index in [0.29, 0.717) is 6.10 Å². The topological polar surface area (TPSA) is 28.6 Å². The molecule has 1 spiro atoms. The van der Waals surface area contributed by atoms with Crippen LogP contribution in [0.5, 0.6) is 0 Å². The smallest absolute Gasteiger partial charge is 0.0825 e. The van der Waals surface area contributed by atoms with E-state index >= 15 is 0 Å². The van der Waals surface area contributed by atoms with Crippen molar-refractivity contribution in [3.63, 3.8) is 0 Å². The minimum atomic E-state index is 0.112. The summed E-state index contributed by atoms with van der Waals surface area (Å²) < 4.78 is 6.51. The maximum Gasteiger partial charge on any atom is 0.0825 e. The molecular formula is C17H27N3O. The average Bonchev–Trinajstić information content (AvgIpc) is 2.81. The second-order valence-corrected chi connectivity index (χ2v) is 6.90. The molecule has 0 unspecified atom stereocenters. The van der Waals surface area contributed by atoms with E-state index in [2.05, 4.69) is 34.9 Å². The fraction of sp³-hybridized carbons (Fsp3) is 0.706. The van der Waals surface area contributed by atoms with E-state index in [9.17, 15) is 0 Å². The van der Waals surface area contributed by atoms with Crippen molar-refractivity contribution in [2.75, 3.05) is 33.7 Å². The Bertz CT molecular complexity index is 451.